The quantitative estimate of drug-likeness (QED) is 0.736. The van der Waals surface area contributed by atoms with Gasteiger partial charge in [-0.2, -0.15) is 5.21 Å². The molecule has 21 heavy (non-hydrogen) atoms. The molecule has 112 valence electrons. The summed E-state index contributed by atoms with van der Waals surface area (Å²) < 4.78 is 0. The van der Waals surface area contributed by atoms with E-state index in [1.165, 1.54) is 0 Å². The van der Waals surface area contributed by atoms with Crippen molar-refractivity contribution in [2.75, 3.05) is 13.2 Å². The molecule has 1 amide bonds. The van der Waals surface area contributed by atoms with E-state index in [-0.39, 0.29) is 17.9 Å². The van der Waals surface area contributed by atoms with Gasteiger partial charge in [0.05, 0.1) is 0 Å². The normalized spacial score (nSPS) is 11.4. The number of aliphatic hydroxyl groups excluding tert-OH is 1. The van der Waals surface area contributed by atoms with E-state index in [0.717, 1.165) is 5.56 Å². The summed E-state index contributed by atoms with van der Waals surface area (Å²) in [6.07, 6.45) is 0.643. The Balaban J connectivity index is 1.97. The summed E-state index contributed by atoms with van der Waals surface area (Å²) in [6.45, 7) is 4.63. The first-order valence-corrected chi connectivity index (χ1v) is 6.75. The van der Waals surface area contributed by atoms with Crippen LogP contribution < -0.4 is 5.32 Å². The Morgan fingerprint density at radius 3 is 2.62 bits per heavy atom. The molecule has 0 spiro atoms. The van der Waals surface area contributed by atoms with E-state index in [0.29, 0.717) is 24.4 Å². The van der Waals surface area contributed by atoms with Crippen molar-refractivity contribution in [2.24, 2.45) is 5.41 Å². The number of aromatic nitrogens is 4. The highest BCUT2D eigenvalue weighted by Gasteiger charge is 2.18. The molecule has 3 N–H and O–H groups in total. The Bertz CT molecular complexity index is 578. The molecule has 0 radical (unpaired) electrons. The smallest absolute Gasteiger partial charge is 0.251 e. The largest absolute Gasteiger partial charge is 0.396 e. The number of H-pyrrole nitrogens is 1. The van der Waals surface area contributed by atoms with Gasteiger partial charge >= 0.3 is 0 Å². The lowest BCUT2D eigenvalue weighted by atomic mass is 9.89. The molecule has 1 aromatic carbocycles. The number of aromatic amines is 1. The number of hydrogen-bond acceptors (Lipinski definition) is 5. The minimum Gasteiger partial charge on any atom is -0.396 e. The maximum Gasteiger partial charge on any atom is 0.251 e. The Labute approximate surface area is 122 Å². The minimum absolute atomic E-state index is 0.113. The van der Waals surface area contributed by atoms with Crippen molar-refractivity contribution in [3.8, 4) is 11.4 Å². The van der Waals surface area contributed by atoms with Crippen LogP contribution in [0.5, 0.6) is 0 Å². The third kappa shape index (κ3) is 4.09. The van der Waals surface area contributed by atoms with Gasteiger partial charge in [0.25, 0.3) is 5.91 Å². The van der Waals surface area contributed by atoms with Gasteiger partial charge in [-0.15, -0.1) is 10.2 Å². The number of amides is 1. The third-order valence-electron chi connectivity index (χ3n) is 3.27. The highest BCUT2D eigenvalue weighted by atomic mass is 16.3. The van der Waals surface area contributed by atoms with Crippen LogP contribution in [0.3, 0.4) is 0 Å². The lowest BCUT2D eigenvalue weighted by molar-refractivity contribution is 0.0928. The van der Waals surface area contributed by atoms with E-state index in [1.807, 2.05) is 13.8 Å². The van der Waals surface area contributed by atoms with Gasteiger partial charge in [-0.3, -0.25) is 4.79 Å². The standard InChI is InChI=1S/C14H19N5O2/c1-14(2,7-8-20)9-15-13(21)11-5-3-10(4-6-11)12-16-18-19-17-12/h3-6,20H,7-9H2,1-2H3,(H,15,21)(H,16,17,18,19). The predicted molar refractivity (Wildman–Crippen MR) is 77.4 cm³/mol. The molecule has 0 atom stereocenters. The second kappa shape index (κ2) is 6.45. The van der Waals surface area contributed by atoms with Crippen molar-refractivity contribution < 1.29 is 9.90 Å². The molecule has 1 heterocycles. The number of rotatable bonds is 6. The van der Waals surface area contributed by atoms with Gasteiger partial charge in [0.1, 0.15) is 0 Å². The van der Waals surface area contributed by atoms with E-state index in [1.54, 1.807) is 24.3 Å². The average molecular weight is 289 g/mol. The molecule has 7 heteroatoms. The SMILES string of the molecule is CC(C)(CCO)CNC(=O)c1ccc(-c2nn[nH]n2)cc1. The lowest BCUT2D eigenvalue weighted by Crippen LogP contribution is -2.34. The van der Waals surface area contributed by atoms with Crippen LogP contribution in [0.25, 0.3) is 11.4 Å². The van der Waals surface area contributed by atoms with Crippen LogP contribution in [0.4, 0.5) is 0 Å². The van der Waals surface area contributed by atoms with Crippen LogP contribution in [0.15, 0.2) is 24.3 Å². The first kappa shape index (κ1) is 15.1. The monoisotopic (exact) mass is 289 g/mol. The van der Waals surface area contributed by atoms with Gasteiger partial charge in [0, 0.05) is 24.3 Å². The first-order chi connectivity index (χ1) is 10.0. The number of benzene rings is 1. The van der Waals surface area contributed by atoms with Gasteiger partial charge < -0.3 is 10.4 Å². The Hall–Kier alpha value is -2.28. The maximum atomic E-state index is 12.1. The van der Waals surface area contributed by atoms with Crippen LogP contribution in [0.2, 0.25) is 0 Å². The molecule has 2 rings (SSSR count). The molecular weight excluding hydrogens is 270 g/mol. The van der Waals surface area contributed by atoms with Crippen molar-refractivity contribution >= 4 is 5.91 Å². The summed E-state index contributed by atoms with van der Waals surface area (Å²) in [6, 6.07) is 7.00. The fourth-order valence-corrected chi connectivity index (χ4v) is 1.87. The number of carbonyl (C=O) groups is 1. The molecule has 0 unspecified atom stereocenters. The zero-order valence-electron chi connectivity index (χ0n) is 12.1. The fourth-order valence-electron chi connectivity index (χ4n) is 1.87. The van der Waals surface area contributed by atoms with Gasteiger partial charge in [0.2, 0.25) is 5.82 Å². The van der Waals surface area contributed by atoms with Crippen molar-refractivity contribution in [3.63, 3.8) is 0 Å². The van der Waals surface area contributed by atoms with Crippen LogP contribution in [-0.4, -0.2) is 44.8 Å². The molecule has 0 aliphatic rings. The molecule has 1 aromatic heterocycles. The predicted octanol–water partition coefficient (Wildman–Crippen LogP) is 1.01. The number of hydrogen-bond donors (Lipinski definition) is 3. The first-order valence-electron chi connectivity index (χ1n) is 6.75. The third-order valence-corrected chi connectivity index (χ3v) is 3.27. The number of nitrogens with one attached hydrogen (secondary N) is 2. The molecule has 0 aliphatic heterocycles. The van der Waals surface area contributed by atoms with Crippen LogP contribution in [-0.2, 0) is 0 Å². The molecule has 0 fully saturated rings. The molecule has 0 saturated carbocycles. The zero-order valence-corrected chi connectivity index (χ0v) is 12.1. The highest BCUT2D eigenvalue weighted by molar-refractivity contribution is 5.94. The van der Waals surface area contributed by atoms with E-state index < -0.39 is 0 Å². The molecule has 0 aliphatic carbocycles. The van der Waals surface area contributed by atoms with Gasteiger partial charge in [-0.25, -0.2) is 0 Å². The summed E-state index contributed by atoms with van der Waals surface area (Å²) in [5.74, 6) is 0.353. The van der Waals surface area contributed by atoms with Crippen molar-refractivity contribution in [1.29, 1.82) is 0 Å². The van der Waals surface area contributed by atoms with E-state index in [4.69, 9.17) is 5.11 Å². The topological polar surface area (TPSA) is 104 Å². The van der Waals surface area contributed by atoms with Crippen LogP contribution in [0, 0.1) is 5.41 Å². The summed E-state index contributed by atoms with van der Waals surface area (Å²) in [7, 11) is 0. The Morgan fingerprint density at radius 1 is 1.33 bits per heavy atom. The van der Waals surface area contributed by atoms with E-state index in [9.17, 15) is 4.79 Å². The Morgan fingerprint density at radius 2 is 2.05 bits per heavy atom. The van der Waals surface area contributed by atoms with E-state index >= 15 is 0 Å². The summed E-state index contributed by atoms with van der Waals surface area (Å²) in [4.78, 5) is 12.1. The van der Waals surface area contributed by atoms with Crippen LogP contribution in [0.1, 0.15) is 30.6 Å². The maximum absolute atomic E-state index is 12.1. The lowest BCUT2D eigenvalue weighted by Gasteiger charge is -2.23. The number of carbonyl (C=O) groups excluding carboxylic acids is 1. The minimum atomic E-state index is -0.138. The second-order valence-corrected chi connectivity index (χ2v) is 5.63. The average Bonchev–Trinajstić information content (AvgIpc) is 2.99. The van der Waals surface area contributed by atoms with Crippen molar-refractivity contribution in [1.82, 2.24) is 25.9 Å². The molecule has 2 aromatic rings. The number of nitrogens with zero attached hydrogens (tertiary/aromatic N) is 3. The van der Waals surface area contributed by atoms with E-state index in [2.05, 4.69) is 25.9 Å². The molecule has 0 saturated heterocycles. The summed E-state index contributed by atoms with van der Waals surface area (Å²) >= 11 is 0. The molecule has 7 nitrogen and oxygen atoms in total. The Kier molecular flexibility index (Phi) is 4.64. The van der Waals surface area contributed by atoms with Gasteiger partial charge in [-0.05, 0) is 29.2 Å². The van der Waals surface area contributed by atoms with Crippen LogP contribution >= 0.6 is 0 Å². The van der Waals surface area contributed by atoms with Crippen molar-refractivity contribution in [2.45, 2.75) is 20.3 Å². The molecular formula is C14H19N5O2. The zero-order chi connectivity index (χ0) is 15.3. The van der Waals surface area contributed by atoms with Gasteiger partial charge in [-0.1, -0.05) is 26.0 Å². The fraction of sp³-hybridized carbons (Fsp3) is 0.429. The number of aliphatic hydroxyl groups is 1. The summed E-state index contributed by atoms with van der Waals surface area (Å²) in [5.41, 5.74) is 1.23. The molecule has 0 bridgehead atoms. The number of tetrazole rings is 1. The van der Waals surface area contributed by atoms with Gasteiger partial charge in [0.15, 0.2) is 0 Å². The summed E-state index contributed by atoms with van der Waals surface area (Å²) in [5, 5.41) is 25.5. The second-order valence-electron chi connectivity index (χ2n) is 5.63. The highest BCUT2D eigenvalue weighted by Crippen LogP contribution is 2.18. The van der Waals surface area contributed by atoms with Crippen molar-refractivity contribution in [3.05, 3.63) is 29.8 Å².